The van der Waals surface area contributed by atoms with Crippen LogP contribution in [-0.4, -0.2) is 59.3 Å². The molecule has 1 aromatic heterocycles. The quantitative estimate of drug-likeness (QED) is 0.876. The van der Waals surface area contributed by atoms with Gasteiger partial charge in [0.1, 0.15) is 0 Å². The first-order chi connectivity index (χ1) is 13.0. The molecule has 0 radical (unpaired) electrons. The fourth-order valence-electron chi connectivity index (χ4n) is 3.38. The molecule has 1 aliphatic rings. The summed E-state index contributed by atoms with van der Waals surface area (Å²) in [5.41, 5.74) is 3.90. The number of nitrogens with zero attached hydrogens (tertiary/aromatic N) is 3. The normalized spacial score (nSPS) is 14.8. The maximum atomic E-state index is 12.4. The molecule has 0 saturated carbocycles. The van der Waals surface area contributed by atoms with E-state index in [1.807, 2.05) is 49.1 Å². The van der Waals surface area contributed by atoms with Crippen LogP contribution in [0.4, 0.5) is 0 Å². The first-order valence-electron chi connectivity index (χ1n) is 9.27. The third kappa shape index (κ3) is 5.37. The van der Waals surface area contributed by atoms with E-state index in [-0.39, 0.29) is 18.4 Å². The molecule has 1 aliphatic heterocycles. The Morgan fingerprint density at radius 2 is 1.63 bits per heavy atom. The Bertz CT molecular complexity index is 779. The van der Waals surface area contributed by atoms with E-state index in [9.17, 15) is 9.59 Å². The van der Waals surface area contributed by atoms with Crippen molar-refractivity contribution in [3.05, 3.63) is 65.0 Å². The van der Waals surface area contributed by atoms with Gasteiger partial charge in [-0.2, -0.15) is 0 Å². The van der Waals surface area contributed by atoms with E-state index in [1.54, 1.807) is 12.4 Å². The van der Waals surface area contributed by atoms with Crippen molar-refractivity contribution in [2.24, 2.45) is 0 Å². The van der Waals surface area contributed by atoms with Crippen molar-refractivity contribution < 1.29 is 9.59 Å². The van der Waals surface area contributed by atoms with E-state index in [1.165, 1.54) is 5.56 Å². The zero-order chi connectivity index (χ0) is 19.2. The number of amides is 2. The first-order valence-corrected chi connectivity index (χ1v) is 9.27. The fourth-order valence-corrected chi connectivity index (χ4v) is 3.38. The van der Waals surface area contributed by atoms with E-state index in [4.69, 9.17) is 0 Å². The molecule has 1 fully saturated rings. The van der Waals surface area contributed by atoms with Gasteiger partial charge in [0.05, 0.1) is 6.54 Å². The molecule has 1 aromatic carbocycles. The molecule has 0 unspecified atom stereocenters. The second-order valence-corrected chi connectivity index (χ2v) is 7.07. The molecule has 0 spiro atoms. The monoisotopic (exact) mass is 366 g/mol. The number of benzene rings is 1. The summed E-state index contributed by atoms with van der Waals surface area (Å²) >= 11 is 0. The molecule has 0 bridgehead atoms. The van der Waals surface area contributed by atoms with Crippen LogP contribution in [0.3, 0.4) is 0 Å². The van der Waals surface area contributed by atoms with Crippen molar-refractivity contribution in [2.75, 3.05) is 32.7 Å². The summed E-state index contributed by atoms with van der Waals surface area (Å²) in [6.07, 6.45) is 3.60. The van der Waals surface area contributed by atoms with Gasteiger partial charge in [-0.1, -0.05) is 17.2 Å². The second-order valence-electron chi connectivity index (χ2n) is 7.07. The summed E-state index contributed by atoms with van der Waals surface area (Å²) in [5.74, 6) is -0.234. The summed E-state index contributed by atoms with van der Waals surface area (Å²) in [6.45, 7) is 7.86. The minimum Gasteiger partial charge on any atom is -0.343 e. The van der Waals surface area contributed by atoms with Gasteiger partial charge in [0.2, 0.25) is 5.91 Å². The van der Waals surface area contributed by atoms with E-state index in [0.717, 1.165) is 30.8 Å². The van der Waals surface area contributed by atoms with Crippen LogP contribution in [0.5, 0.6) is 0 Å². The Balaban J connectivity index is 1.45. The van der Waals surface area contributed by atoms with Crippen LogP contribution in [0.25, 0.3) is 0 Å². The Morgan fingerprint density at radius 3 is 2.26 bits per heavy atom. The zero-order valence-corrected chi connectivity index (χ0v) is 15.9. The number of pyridine rings is 1. The molecule has 6 heteroatoms. The maximum absolute atomic E-state index is 12.4. The SMILES string of the molecule is Cc1cc(C)cc(C(=O)NCC(=O)N2CCN(Cc3ccncc3)CC2)c1. The Morgan fingerprint density at radius 1 is 1.00 bits per heavy atom. The number of carbonyl (C=O) groups is 2. The van der Waals surface area contributed by atoms with E-state index in [2.05, 4.69) is 15.2 Å². The lowest BCUT2D eigenvalue weighted by Crippen LogP contribution is -2.50. The number of hydrogen-bond donors (Lipinski definition) is 1. The van der Waals surface area contributed by atoms with Gasteiger partial charge in [-0.25, -0.2) is 0 Å². The minimum absolute atomic E-state index is 0.0312. The van der Waals surface area contributed by atoms with Crippen molar-refractivity contribution in [3.63, 3.8) is 0 Å². The Labute approximate surface area is 160 Å². The number of aromatic nitrogens is 1. The standard InChI is InChI=1S/C21H26N4O2/c1-16-11-17(2)13-19(12-16)21(27)23-14-20(26)25-9-7-24(8-10-25)15-18-3-5-22-6-4-18/h3-6,11-13H,7-10,14-15H2,1-2H3,(H,23,27). The van der Waals surface area contributed by atoms with Gasteiger partial charge in [-0.05, 0) is 43.7 Å². The zero-order valence-electron chi connectivity index (χ0n) is 15.9. The molecule has 6 nitrogen and oxygen atoms in total. The highest BCUT2D eigenvalue weighted by molar-refractivity contribution is 5.96. The van der Waals surface area contributed by atoms with Gasteiger partial charge in [-0.15, -0.1) is 0 Å². The van der Waals surface area contributed by atoms with Gasteiger partial charge in [0.15, 0.2) is 0 Å². The van der Waals surface area contributed by atoms with E-state index < -0.39 is 0 Å². The largest absolute Gasteiger partial charge is 0.343 e. The molecule has 27 heavy (non-hydrogen) atoms. The molecule has 0 atom stereocenters. The van der Waals surface area contributed by atoms with E-state index in [0.29, 0.717) is 18.7 Å². The topological polar surface area (TPSA) is 65.5 Å². The highest BCUT2D eigenvalue weighted by Crippen LogP contribution is 2.10. The van der Waals surface area contributed by atoms with Crippen LogP contribution >= 0.6 is 0 Å². The van der Waals surface area contributed by atoms with Gasteiger partial charge in [0.25, 0.3) is 5.91 Å². The molecular weight excluding hydrogens is 340 g/mol. The van der Waals surface area contributed by atoms with Gasteiger partial charge < -0.3 is 10.2 Å². The van der Waals surface area contributed by atoms with Crippen LogP contribution in [0.1, 0.15) is 27.0 Å². The summed E-state index contributed by atoms with van der Waals surface area (Å²) < 4.78 is 0. The highest BCUT2D eigenvalue weighted by Gasteiger charge is 2.21. The third-order valence-electron chi connectivity index (χ3n) is 4.76. The Kier molecular flexibility index (Phi) is 6.19. The molecule has 2 heterocycles. The van der Waals surface area contributed by atoms with Crippen molar-refractivity contribution in [1.29, 1.82) is 0 Å². The molecule has 2 aromatic rings. The average Bonchev–Trinajstić information content (AvgIpc) is 2.66. The lowest BCUT2D eigenvalue weighted by Gasteiger charge is -2.34. The molecule has 0 aliphatic carbocycles. The number of piperazine rings is 1. The number of hydrogen-bond acceptors (Lipinski definition) is 4. The van der Waals surface area contributed by atoms with Gasteiger partial charge in [-0.3, -0.25) is 19.5 Å². The van der Waals surface area contributed by atoms with Gasteiger partial charge in [0, 0.05) is 50.7 Å². The van der Waals surface area contributed by atoms with Crippen molar-refractivity contribution in [1.82, 2.24) is 20.1 Å². The van der Waals surface area contributed by atoms with Crippen LogP contribution in [-0.2, 0) is 11.3 Å². The lowest BCUT2D eigenvalue weighted by molar-refractivity contribution is -0.131. The summed E-state index contributed by atoms with van der Waals surface area (Å²) in [7, 11) is 0. The molecule has 1 saturated heterocycles. The number of nitrogens with one attached hydrogen (secondary N) is 1. The van der Waals surface area contributed by atoms with Crippen LogP contribution in [0, 0.1) is 13.8 Å². The fraction of sp³-hybridized carbons (Fsp3) is 0.381. The maximum Gasteiger partial charge on any atom is 0.251 e. The summed E-state index contributed by atoms with van der Waals surface area (Å²) in [6, 6.07) is 9.73. The molecular formula is C21H26N4O2. The molecule has 1 N–H and O–H groups in total. The third-order valence-corrected chi connectivity index (χ3v) is 4.76. The first kappa shape index (κ1) is 19.0. The molecule has 3 rings (SSSR count). The lowest BCUT2D eigenvalue weighted by atomic mass is 10.1. The molecule has 142 valence electrons. The predicted molar refractivity (Wildman–Crippen MR) is 104 cm³/mol. The van der Waals surface area contributed by atoms with Crippen LogP contribution in [0.15, 0.2) is 42.7 Å². The number of carbonyl (C=O) groups excluding carboxylic acids is 2. The second kappa shape index (κ2) is 8.77. The summed E-state index contributed by atoms with van der Waals surface area (Å²) in [5, 5.41) is 2.75. The van der Waals surface area contributed by atoms with Crippen molar-refractivity contribution in [3.8, 4) is 0 Å². The number of rotatable bonds is 5. The Hall–Kier alpha value is -2.73. The molecule has 2 amide bonds. The van der Waals surface area contributed by atoms with Crippen molar-refractivity contribution >= 4 is 11.8 Å². The number of aryl methyl sites for hydroxylation is 2. The highest BCUT2D eigenvalue weighted by atomic mass is 16.2. The van der Waals surface area contributed by atoms with Crippen molar-refractivity contribution in [2.45, 2.75) is 20.4 Å². The predicted octanol–water partition coefficient (Wildman–Crippen LogP) is 1.77. The van der Waals surface area contributed by atoms with E-state index >= 15 is 0 Å². The smallest absolute Gasteiger partial charge is 0.251 e. The summed E-state index contributed by atoms with van der Waals surface area (Å²) in [4.78, 5) is 32.9. The van der Waals surface area contributed by atoms with Gasteiger partial charge >= 0.3 is 0 Å². The average molecular weight is 366 g/mol. The van der Waals surface area contributed by atoms with Crippen LogP contribution < -0.4 is 5.32 Å². The minimum atomic E-state index is -0.202. The van der Waals surface area contributed by atoms with Crippen LogP contribution in [0.2, 0.25) is 0 Å².